The van der Waals surface area contributed by atoms with Crippen LogP contribution in [0.25, 0.3) is 0 Å². The summed E-state index contributed by atoms with van der Waals surface area (Å²) in [6.45, 7) is 8.47. The zero-order valence-electron chi connectivity index (χ0n) is 19.3. The number of aliphatic hydroxyl groups excluding tert-OH is 2. The lowest BCUT2D eigenvalue weighted by Crippen LogP contribution is -2.15. The summed E-state index contributed by atoms with van der Waals surface area (Å²) in [4.78, 5) is 0. The number of rotatable bonds is 25. The highest BCUT2D eigenvalue weighted by Gasteiger charge is 1.94. The molecule has 0 unspecified atom stereocenters. The largest absolute Gasteiger partial charge is 0.394 e. The third-order valence-corrected chi connectivity index (χ3v) is 3.19. The predicted octanol–water partition coefficient (Wildman–Crippen LogP) is -0.634. The van der Waals surface area contributed by atoms with E-state index in [1.165, 1.54) is 0 Å². The first-order valence-corrected chi connectivity index (χ1v) is 10.6. The van der Waals surface area contributed by atoms with Crippen LogP contribution in [-0.2, 0) is 42.6 Å². The van der Waals surface area contributed by atoms with Crippen LogP contribution in [0.5, 0.6) is 0 Å². The van der Waals surface area contributed by atoms with Gasteiger partial charge in [-0.15, -0.1) is 0 Å². The molecule has 0 heterocycles. The monoisotopic (exact) mass is 460 g/mol. The van der Waals surface area contributed by atoms with Gasteiger partial charge in [-0.2, -0.15) is 0 Å². The molecule has 0 rings (SSSR count). The number of methoxy groups -OCH3 is 2. The van der Waals surface area contributed by atoms with E-state index >= 15 is 0 Å². The first kappa shape index (κ1) is 32.7. The molecule has 0 saturated carbocycles. The van der Waals surface area contributed by atoms with E-state index in [-0.39, 0.29) is 13.2 Å². The predicted molar refractivity (Wildman–Crippen MR) is 114 cm³/mol. The van der Waals surface area contributed by atoms with Gasteiger partial charge in [-0.05, 0) is 0 Å². The van der Waals surface area contributed by atoms with Gasteiger partial charge < -0.3 is 52.8 Å². The van der Waals surface area contributed by atoms with Gasteiger partial charge in [-0.1, -0.05) is 0 Å². The molecule has 0 aliphatic carbocycles. The molecule has 0 atom stereocenters. The highest BCUT2D eigenvalue weighted by Crippen LogP contribution is 1.85. The van der Waals surface area contributed by atoms with Crippen LogP contribution in [0.1, 0.15) is 0 Å². The minimum absolute atomic E-state index is 0.0348. The fourth-order valence-corrected chi connectivity index (χ4v) is 1.72. The molecule has 0 fully saturated rings. The highest BCUT2D eigenvalue weighted by atomic mass is 16.6. The zero-order valence-corrected chi connectivity index (χ0v) is 19.3. The molecule has 0 aliphatic rings. The Morgan fingerprint density at radius 2 is 0.548 bits per heavy atom. The normalized spacial score (nSPS) is 10.8. The smallest absolute Gasteiger partial charge is 0.0701 e. The van der Waals surface area contributed by atoms with Crippen LogP contribution in [0.15, 0.2) is 0 Å². The molecule has 0 aliphatic heterocycles. The molecule has 0 bridgehead atoms. The van der Waals surface area contributed by atoms with Crippen LogP contribution in [0.3, 0.4) is 0 Å². The van der Waals surface area contributed by atoms with Crippen molar-refractivity contribution in [2.75, 3.05) is 133 Å². The zero-order chi connectivity index (χ0) is 23.1. The highest BCUT2D eigenvalue weighted by molar-refractivity contribution is 4.37. The third kappa shape index (κ3) is 37.2. The average Bonchev–Trinajstić information content (AvgIpc) is 2.78. The Balaban J connectivity index is 0. The molecular formula is C20H44O11. The van der Waals surface area contributed by atoms with Crippen molar-refractivity contribution in [3.8, 4) is 0 Å². The van der Waals surface area contributed by atoms with E-state index in [4.69, 9.17) is 48.1 Å². The molecule has 0 saturated heterocycles. The van der Waals surface area contributed by atoms with Crippen molar-refractivity contribution < 1.29 is 52.8 Å². The van der Waals surface area contributed by atoms with Crippen molar-refractivity contribution >= 4 is 0 Å². The van der Waals surface area contributed by atoms with Gasteiger partial charge in [-0.3, -0.25) is 0 Å². The van der Waals surface area contributed by atoms with E-state index in [0.29, 0.717) is 106 Å². The Morgan fingerprint density at radius 1 is 0.323 bits per heavy atom. The summed E-state index contributed by atoms with van der Waals surface area (Å²) in [5.41, 5.74) is 0. The van der Waals surface area contributed by atoms with E-state index in [2.05, 4.69) is 4.74 Å². The molecule has 11 heteroatoms. The topological polar surface area (TPSA) is 124 Å². The Kier molecular flexibility index (Phi) is 36.1. The van der Waals surface area contributed by atoms with Crippen LogP contribution in [0, 0.1) is 0 Å². The molecule has 190 valence electrons. The summed E-state index contributed by atoms with van der Waals surface area (Å²) in [5, 5.41) is 16.5. The van der Waals surface area contributed by atoms with Gasteiger partial charge in [0.2, 0.25) is 0 Å². The van der Waals surface area contributed by atoms with Crippen molar-refractivity contribution in [1.82, 2.24) is 0 Å². The Hall–Kier alpha value is -0.440. The Bertz CT molecular complexity index is 260. The van der Waals surface area contributed by atoms with Crippen molar-refractivity contribution in [2.45, 2.75) is 0 Å². The molecule has 0 spiro atoms. The van der Waals surface area contributed by atoms with Gasteiger partial charge in [0.15, 0.2) is 0 Å². The molecule has 2 N–H and O–H groups in total. The summed E-state index contributed by atoms with van der Waals surface area (Å²) in [6.07, 6.45) is 0. The van der Waals surface area contributed by atoms with Gasteiger partial charge in [-0.25, -0.2) is 0 Å². The van der Waals surface area contributed by atoms with Crippen LogP contribution >= 0.6 is 0 Å². The maximum Gasteiger partial charge on any atom is 0.0701 e. The van der Waals surface area contributed by atoms with Gasteiger partial charge in [0, 0.05) is 14.2 Å². The van der Waals surface area contributed by atoms with E-state index in [1.54, 1.807) is 14.2 Å². The first-order valence-electron chi connectivity index (χ1n) is 10.6. The lowest BCUT2D eigenvalue weighted by Gasteiger charge is -2.08. The summed E-state index contributed by atoms with van der Waals surface area (Å²) >= 11 is 0. The minimum Gasteiger partial charge on any atom is -0.394 e. The number of aliphatic hydroxyl groups is 2. The lowest BCUT2D eigenvalue weighted by atomic mass is 10.6. The third-order valence-electron chi connectivity index (χ3n) is 3.19. The van der Waals surface area contributed by atoms with Gasteiger partial charge >= 0.3 is 0 Å². The minimum atomic E-state index is 0.0348. The van der Waals surface area contributed by atoms with Crippen molar-refractivity contribution in [3.63, 3.8) is 0 Å². The average molecular weight is 461 g/mol. The van der Waals surface area contributed by atoms with Crippen LogP contribution in [0.2, 0.25) is 0 Å². The molecule has 11 nitrogen and oxygen atoms in total. The van der Waals surface area contributed by atoms with Crippen molar-refractivity contribution in [3.05, 3.63) is 0 Å². The SMILES string of the molecule is COCCO.COCCOCCOCCOCCOCCOCCOCCOCCO. The summed E-state index contributed by atoms with van der Waals surface area (Å²) < 4.78 is 46.4. The van der Waals surface area contributed by atoms with Gasteiger partial charge in [0.1, 0.15) is 0 Å². The summed E-state index contributed by atoms with van der Waals surface area (Å²) in [6, 6.07) is 0. The van der Waals surface area contributed by atoms with E-state index in [0.717, 1.165) is 0 Å². The number of hydrogen-bond donors (Lipinski definition) is 2. The summed E-state index contributed by atoms with van der Waals surface area (Å²) in [5.74, 6) is 0. The fraction of sp³-hybridized carbons (Fsp3) is 1.00. The lowest BCUT2D eigenvalue weighted by molar-refractivity contribution is -0.0229. The molecule has 0 radical (unpaired) electrons. The molecule has 0 aromatic carbocycles. The van der Waals surface area contributed by atoms with E-state index in [9.17, 15) is 0 Å². The molecule has 0 amide bonds. The van der Waals surface area contributed by atoms with Crippen LogP contribution in [-0.4, -0.2) is 143 Å². The van der Waals surface area contributed by atoms with E-state index in [1.807, 2.05) is 0 Å². The van der Waals surface area contributed by atoms with Gasteiger partial charge in [0.05, 0.1) is 119 Å². The second-order valence-corrected chi connectivity index (χ2v) is 5.72. The molecular weight excluding hydrogens is 416 g/mol. The quantitative estimate of drug-likeness (QED) is 0.169. The van der Waals surface area contributed by atoms with Crippen molar-refractivity contribution in [1.29, 1.82) is 0 Å². The van der Waals surface area contributed by atoms with Crippen LogP contribution < -0.4 is 0 Å². The molecule has 31 heavy (non-hydrogen) atoms. The maximum absolute atomic E-state index is 8.51. The standard InChI is InChI=1S/C17H36O9.C3H8O2/c1-19-4-5-21-8-9-23-12-13-25-16-17-26-15-14-24-11-10-22-7-6-20-3-2-18;1-5-3-2-4/h18H,2-17H2,1H3;4H,2-3H2,1H3. The van der Waals surface area contributed by atoms with Crippen LogP contribution in [0.4, 0.5) is 0 Å². The second-order valence-electron chi connectivity index (χ2n) is 5.72. The number of hydrogen-bond acceptors (Lipinski definition) is 11. The van der Waals surface area contributed by atoms with E-state index < -0.39 is 0 Å². The summed E-state index contributed by atoms with van der Waals surface area (Å²) in [7, 11) is 3.20. The van der Waals surface area contributed by atoms with Gasteiger partial charge in [0.25, 0.3) is 0 Å². The molecule has 0 aromatic heterocycles. The second kappa shape index (κ2) is 34.2. The van der Waals surface area contributed by atoms with Crippen molar-refractivity contribution in [2.24, 2.45) is 0 Å². The first-order chi connectivity index (χ1) is 15.3. The fourth-order valence-electron chi connectivity index (χ4n) is 1.72. The molecule has 0 aromatic rings. The number of ether oxygens (including phenoxy) is 9. The Labute approximate surface area is 186 Å². The maximum atomic E-state index is 8.51. The Morgan fingerprint density at radius 3 is 0.742 bits per heavy atom.